The number of rotatable bonds is 3. The maximum Gasteiger partial charge on any atom is 0.235 e. The van der Waals surface area contributed by atoms with Gasteiger partial charge in [-0.1, -0.05) is 19.1 Å². The SMILES string of the molecule is C[C@H]1c2ccc(-c3ccccn3)c(O)c2C(=O)C2C(=O)[C@]3(O)C(=O)C(C(N)=O)C(=O)[C@@H](N(C)C)C3[C@@H](O)C21. The lowest BCUT2D eigenvalue weighted by Crippen LogP contribution is -2.77. The largest absolute Gasteiger partial charge is 0.506 e. The second-order valence-electron chi connectivity index (χ2n) is 10.5. The van der Waals surface area contributed by atoms with Gasteiger partial charge >= 0.3 is 0 Å². The normalized spacial score (nSPS) is 34.5. The number of aliphatic hydroxyl groups is 2. The van der Waals surface area contributed by atoms with Crippen molar-refractivity contribution < 1.29 is 39.3 Å². The third-order valence-electron chi connectivity index (χ3n) is 8.43. The number of pyridine rings is 1. The number of nitrogens with zero attached hydrogens (tertiary/aromatic N) is 2. The van der Waals surface area contributed by atoms with Crippen LogP contribution >= 0.6 is 0 Å². The summed E-state index contributed by atoms with van der Waals surface area (Å²) in [5.41, 5.74) is 3.12. The van der Waals surface area contributed by atoms with Gasteiger partial charge in [-0.25, -0.2) is 0 Å². The van der Waals surface area contributed by atoms with Gasteiger partial charge in [0.15, 0.2) is 34.7 Å². The monoisotopic (exact) mass is 521 g/mol. The molecule has 1 amide bonds. The molecule has 1 heterocycles. The molecule has 5 rings (SSSR count). The molecule has 3 aliphatic carbocycles. The van der Waals surface area contributed by atoms with E-state index in [9.17, 15) is 39.3 Å². The number of aromatic nitrogens is 1. The molecule has 11 heteroatoms. The first-order chi connectivity index (χ1) is 17.8. The lowest BCUT2D eigenvalue weighted by atomic mass is 9.49. The first-order valence-electron chi connectivity index (χ1n) is 12.2. The van der Waals surface area contributed by atoms with Crippen molar-refractivity contribution in [3.63, 3.8) is 0 Å². The van der Waals surface area contributed by atoms with Crippen molar-refractivity contribution in [1.82, 2.24) is 9.88 Å². The Kier molecular flexibility index (Phi) is 5.86. The number of hydrogen-bond donors (Lipinski definition) is 4. The van der Waals surface area contributed by atoms with E-state index in [1.807, 2.05) is 0 Å². The van der Waals surface area contributed by atoms with Crippen LogP contribution in [0.1, 0.15) is 28.8 Å². The Morgan fingerprint density at radius 3 is 2.34 bits per heavy atom. The van der Waals surface area contributed by atoms with E-state index in [1.54, 1.807) is 37.3 Å². The molecule has 4 unspecified atom stereocenters. The van der Waals surface area contributed by atoms with Crippen molar-refractivity contribution in [3.05, 3.63) is 47.7 Å². The zero-order valence-corrected chi connectivity index (χ0v) is 20.9. The van der Waals surface area contributed by atoms with Gasteiger partial charge in [0.25, 0.3) is 0 Å². The number of benzene rings is 1. The van der Waals surface area contributed by atoms with E-state index in [1.165, 1.54) is 25.2 Å². The van der Waals surface area contributed by atoms with Crippen LogP contribution in [0.25, 0.3) is 11.3 Å². The first kappa shape index (κ1) is 25.8. The molecule has 0 spiro atoms. The predicted octanol–water partition coefficient (Wildman–Crippen LogP) is -0.539. The van der Waals surface area contributed by atoms with Crippen LogP contribution in [-0.4, -0.2) is 86.1 Å². The molecule has 2 fully saturated rings. The predicted molar refractivity (Wildman–Crippen MR) is 131 cm³/mol. The van der Waals surface area contributed by atoms with E-state index < -0.39 is 82.1 Å². The molecule has 8 atom stereocenters. The third-order valence-corrected chi connectivity index (χ3v) is 8.43. The van der Waals surface area contributed by atoms with Gasteiger partial charge in [0.05, 0.1) is 35.2 Å². The molecule has 0 bridgehead atoms. The molecule has 5 N–H and O–H groups in total. The number of fused-ring (bicyclic) bond motifs is 3. The second kappa shape index (κ2) is 8.62. The highest BCUT2D eigenvalue weighted by atomic mass is 16.3. The quantitative estimate of drug-likeness (QED) is 0.382. The van der Waals surface area contributed by atoms with Crippen molar-refractivity contribution in [2.45, 2.75) is 30.6 Å². The Hall–Kier alpha value is -3.80. The summed E-state index contributed by atoms with van der Waals surface area (Å²) in [5.74, 6) is -13.5. The van der Waals surface area contributed by atoms with Crippen LogP contribution in [0.5, 0.6) is 5.75 Å². The van der Waals surface area contributed by atoms with E-state index in [0.717, 1.165) is 0 Å². The summed E-state index contributed by atoms with van der Waals surface area (Å²) in [4.78, 5) is 72.0. The Morgan fingerprint density at radius 2 is 1.76 bits per heavy atom. The number of amides is 1. The molecule has 0 radical (unpaired) electrons. The fourth-order valence-electron chi connectivity index (χ4n) is 6.72. The number of phenols is 1. The van der Waals surface area contributed by atoms with E-state index in [4.69, 9.17) is 5.73 Å². The summed E-state index contributed by atoms with van der Waals surface area (Å²) in [6.45, 7) is 1.66. The fourth-order valence-corrected chi connectivity index (χ4v) is 6.72. The van der Waals surface area contributed by atoms with Crippen LogP contribution in [0.15, 0.2) is 36.5 Å². The van der Waals surface area contributed by atoms with Crippen molar-refractivity contribution in [3.8, 4) is 17.0 Å². The van der Waals surface area contributed by atoms with Crippen molar-refractivity contribution in [2.75, 3.05) is 14.1 Å². The van der Waals surface area contributed by atoms with Crippen LogP contribution < -0.4 is 5.73 Å². The zero-order chi connectivity index (χ0) is 27.8. The van der Waals surface area contributed by atoms with Crippen LogP contribution in [-0.2, 0) is 19.2 Å². The molecule has 198 valence electrons. The average molecular weight is 522 g/mol. The summed E-state index contributed by atoms with van der Waals surface area (Å²) in [5, 5.41) is 34.4. The minimum absolute atomic E-state index is 0.167. The van der Waals surface area contributed by atoms with Gasteiger partial charge in [-0.15, -0.1) is 0 Å². The fraction of sp³-hybridized carbons (Fsp3) is 0.407. The molecular weight excluding hydrogens is 494 g/mol. The van der Waals surface area contributed by atoms with E-state index in [2.05, 4.69) is 4.98 Å². The summed E-state index contributed by atoms with van der Waals surface area (Å²) < 4.78 is 0. The van der Waals surface area contributed by atoms with Gasteiger partial charge in [0.2, 0.25) is 5.91 Å². The van der Waals surface area contributed by atoms with Crippen LogP contribution in [0.3, 0.4) is 0 Å². The van der Waals surface area contributed by atoms with Gasteiger partial charge in [-0.2, -0.15) is 0 Å². The minimum Gasteiger partial charge on any atom is -0.506 e. The lowest BCUT2D eigenvalue weighted by molar-refractivity contribution is -0.196. The van der Waals surface area contributed by atoms with E-state index in [0.29, 0.717) is 11.3 Å². The zero-order valence-electron chi connectivity index (χ0n) is 20.9. The number of Topliss-reactive ketones (excluding diaryl/α,β-unsaturated/α-hetero) is 4. The van der Waals surface area contributed by atoms with Crippen molar-refractivity contribution in [2.24, 2.45) is 29.4 Å². The molecule has 0 aliphatic heterocycles. The summed E-state index contributed by atoms with van der Waals surface area (Å²) in [6, 6.07) is 6.81. The molecule has 0 saturated heterocycles. The number of aliphatic hydroxyl groups excluding tert-OH is 1. The van der Waals surface area contributed by atoms with Crippen LogP contribution in [0.4, 0.5) is 0 Å². The molecule has 2 aromatic rings. The van der Waals surface area contributed by atoms with Crippen LogP contribution in [0, 0.1) is 23.7 Å². The number of ketones is 4. The lowest BCUT2D eigenvalue weighted by Gasteiger charge is -2.56. The van der Waals surface area contributed by atoms with Gasteiger partial charge in [-0.3, -0.25) is 33.9 Å². The number of likely N-dealkylation sites (N-methyl/N-ethyl adjacent to an activating group) is 1. The maximum absolute atomic E-state index is 14.0. The number of hydrogen-bond acceptors (Lipinski definition) is 10. The van der Waals surface area contributed by atoms with E-state index in [-0.39, 0.29) is 11.1 Å². The minimum atomic E-state index is -3.02. The van der Waals surface area contributed by atoms with Gasteiger partial charge in [0.1, 0.15) is 5.75 Å². The summed E-state index contributed by atoms with van der Waals surface area (Å²) in [6.07, 6.45) is -0.154. The number of carbonyl (C=O) groups is 5. The second-order valence-corrected chi connectivity index (χ2v) is 10.5. The van der Waals surface area contributed by atoms with Gasteiger partial charge in [-0.05, 0) is 43.8 Å². The smallest absolute Gasteiger partial charge is 0.235 e. The highest BCUT2D eigenvalue weighted by Gasteiger charge is 2.72. The van der Waals surface area contributed by atoms with Crippen LogP contribution in [0.2, 0.25) is 0 Å². The topological polar surface area (TPSA) is 188 Å². The summed E-state index contributed by atoms with van der Waals surface area (Å²) >= 11 is 0. The molecular formula is C27H27N3O8. The Labute approximate surface area is 217 Å². The maximum atomic E-state index is 14.0. The molecule has 38 heavy (non-hydrogen) atoms. The Morgan fingerprint density at radius 1 is 1.08 bits per heavy atom. The number of phenolic OH excluding ortho intramolecular Hbond substituents is 1. The molecule has 3 aliphatic rings. The number of carbonyl (C=O) groups excluding carboxylic acids is 5. The molecule has 11 nitrogen and oxygen atoms in total. The number of aromatic hydroxyl groups is 1. The molecule has 2 saturated carbocycles. The molecule has 1 aromatic heterocycles. The Bertz CT molecular complexity index is 1410. The number of primary amides is 1. The van der Waals surface area contributed by atoms with Gasteiger partial charge in [0, 0.05) is 17.7 Å². The van der Waals surface area contributed by atoms with Crippen molar-refractivity contribution in [1.29, 1.82) is 0 Å². The average Bonchev–Trinajstić information content (AvgIpc) is 2.86. The Balaban J connectivity index is 1.71. The number of nitrogens with two attached hydrogens (primary N) is 1. The van der Waals surface area contributed by atoms with Gasteiger partial charge < -0.3 is 21.1 Å². The van der Waals surface area contributed by atoms with E-state index >= 15 is 0 Å². The summed E-state index contributed by atoms with van der Waals surface area (Å²) in [7, 11) is 2.89. The third kappa shape index (κ3) is 3.19. The highest BCUT2D eigenvalue weighted by Crippen LogP contribution is 2.55. The van der Waals surface area contributed by atoms with Crippen molar-refractivity contribution >= 4 is 29.0 Å². The standard InChI is InChI=1S/C27H27N3O8/c1-10-11-7-8-12(13-6-4-5-9-29-13)20(31)15(11)21(32)16-14(10)22(33)18-19(30(2)3)23(34)17(26(28)37)25(36)27(18,38)24(16)35/h4-10,14,16-19,22,31,33,38H,1-3H3,(H2,28,37)/t10-,14?,16?,17?,18?,19-,22-,27-/m0/s1. The highest BCUT2D eigenvalue weighted by molar-refractivity contribution is 6.32. The molecule has 1 aromatic carbocycles. The first-order valence-corrected chi connectivity index (χ1v) is 12.2.